The number of aromatic amines is 1. The van der Waals surface area contributed by atoms with Crippen molar-refractivity contribution < 1.29 is 4.79 Å². The zero-order chi connectivity index (χ0) is 20.2. The number of nitrogens with one attached hydrogen (secondary N) is 2. The molecule has 0 saturated heterocycles. The monoisotopic (exact) mass is 423 g/mol. The van der Waals surface area contributed by atoms with E-state index in [2.05, 4.69) is 15.3 Å². The summed E-state index contributed by atoms with van der Waals surface area (Å²) in [6, 6.07) is 18.3. The Morgan fingerprint density at radius 3 is 2.66 bits per heavy atom. The van der Waals surface area contributed by atoms with Crippen molar-refractivity contribution in [2.24, 2.45) is 0 Å². The van der Waals surface area contributed by atoms with Gasteiger partial charge in [-0.15, -0.1) is 11.3 Å². The van der Waals surface area contributed by atoms with Crippen molar-refractivity contribution in [2.75, 3.05) is 0 Å². The van der Waals surface area contributed by atoms with Crippen LogP contribution < -0.4 is 10.9 Å². The number of H-pyrrole nitrogens is 1. The standard InChI is InChI=1S/C22H18ClN3O2S/c23-15-9-7-14(8-10-15)21(18-6-3-13-29-18)26-20(27)12-11-19-24-17-5-2-1-4-16(17)22(28)25-19/h1-10,13,21H,11-12H2,(H,26,27)(H,24,25,28). The first-order valence-corrected chi connectivity index (χ1v) is 10.4. The molecule has 0 aliphatic carbocycles. The third-order valence-corrected chi connectivity index (χ3v) is 5.78. The van der Waals surface area contributed by atoms with E-state index < -0.39 is 0 Å². The zero-order valence-electron chi connectivity index (χ0n) is 15.4. The Hall–Kier alpha value is -2.96. The molecule has 0 aliphatic heterocycles. The molecule has 5 nitrogen and oxygen atoms in total. The van der Waals surface area contributed by atoms with E-state index >= 15 is 0 Å². The molecular weight excluding hydrogens is 406 g/mol. The first kappa shape index (κ1) is 19.4. The number of amides is 1. The summed E-state index contributed by atoms with van der Waals surface area (Å²) in [5, 5.41) is 6.26. The van der Waals surface area contributed by atoms with Gasteiger partial charge < -0.3 is 10.3 Å². The Balaban J connectivity index is 1.49. The lowest BCUT2D eigenvalue weighted by Crippen LogP contribution is -2.29. The molecule has 2 N–H and O–H groups in total. The predicted octanol–water partition coefficient (Wildman–Crippen LogP) is 4.48. The number of carbonyl (C=O) groups excluding carboxylic acids is 1. The number of carbonyl (C=O) groups is 1. The predicted molar refractivity (Wildman–Crippen MR) is 116 cm³/mol. The molecule has 0 bridgehead atoms. The first-order chi connectivity index (χ1) is 14.1. The average molecular weight is 424 g/mol. The molecule has 2 aromatic carbocycles. The number of hydrogen-bond acceptors (Lipinski definition) is 4. The van der Waals surface area contributed by atoms with Crippen LogP contribution in [0, 0.1) is 0 Å². The number of thiophene rings is 1. The van der Waals surface area contributed by atoms with Crippen molar-refractivity contribution in [1.29, 1.82) is 0 Å². The molecule has 4 rings (SSSR count). The summed E-state index contributed by atoms with van der Waals surface area (Å²) in [6.07, 6.45) is 0.570. The average Bonchev–Trinajstić information content (AvgIpc) is 3.26. The fourth-order valence-electron chi connectivity index (χ4n) is 3.15. The van der Waals surface area contributed by atoms with Crippen LogP contribution in [0.5, 0.6) is 0 Å². The van der Waals surface area contributed by atoms with Crippen LogP contribution >= 0.6 is 22.9 Å². The number of aryl methyl sites for hydroxylation is 1. The molecule has 146 valence electrons. The van der Waals surface area contributed by atoms with E-state index in [1.807, 2.05) is 47.8 Å². The minimum absolute atomic E-state index is 0.117. The van der Waals surface area contributed by atoms with Crippen molar-refractivity contribution >= 4 is 39.7 Å². The second-order valence-electron chi connectivity index (χ2n) is 6.60. The number of nitrogens with zero attached hydrogens (tertiary/aromatic N) is 1. The second-order valence-corrected chi connectivity index (χ2v) is 8.01. The molecular formula is C22H18ClN3O2S. The van der Waals surface area contributed by atoms with Gasteiger partial charge in [-0.1, -0.05) is 41.9 Å². The molecule has 1 atom stereocenters. The van der Waals surface area contributed by atoms with Crippen LogP contribution in [0.25, 0.3) is 10.9 Å². The lowest BCUT2D eigenvalue weighted by molar-refractivity contribution is -0.121. The summed E-state index contributed by atoms with van der Waals surface area (Å²) >= 11 is 7.58. The zero-order valence-corrected chi connectivity index (χ0v) is 17.0. The highest BCUT2D eigenvalue weighted by Gasteiger charge is 2.18. The van der Waals surface area contributed by atoms with E-state index in [-0.39, 0.29) is 23.9 Å². The van der Waals surface area contributed by atoms with Crippen LogP contribution in [0.2, 0.25) is 5.02 Å². The van der Waals surface area contributed by atoms with Gasteiger partial charge in [0.2, 0.25) is 5.91 Å². The lowest BCUT2D eigenvalue weighted by atomic mass is 10.0. The van der Waals surface area contributed by atoms with Crippen molar-refractivity contribution in [3.8, 4) is 0 Å². The molecule has 1 amide bonds. The maximum atomic E-state index is 12.7. The molecule has 0 saturated carbocycles. The van der Waals surface area contributed by atoms with Gasteiger partial charge in [-0.3, -0.25) is 9.59 Å². The molecule has 1 unspecified atom stereocenters. The maximum absolute atomic E-state index is 12.7. The molecule has 4 aromatic rings. The van der Waals surface area contributed by atoms with E-state index in [1.54, 1.807) is 29.5 Å². The number of halogens is 1. The highest BCUT2D eigenvalue weighted by molar-refractivity contribution is 7.10. The summed E-state index contributed by atoms with van der Waals surface area (Å²) in [5.74, 6) is 0.386. The highest BCUT2D eigenvalue weighted by Crippen LogP contribution is 2.27. The smallest absolute Gasteiger partial charge is 0.258 e. The third-order valence-electron chi connectivity index (χ3n) is 4.59. The summed E-state index contributed by atoms with van der Waals surface area (Å²) in [6.45, 7) is 0. The lowest BCUT2D eigenvalue weighted by Gasteiger charge is -2.18. The third kappa shape index (κ3) is 4.55. The van der Waals surface area contributed by atoms with Gasteiger partial charge in [0, 0.05) is 22.7 Å². The minimum atomic E-state index is -0.247. The second kappa shape index (κ2) is 8.59. The van der Waals surface area contributed by atoms with Crippen molar-refractivity contribution in [3.63, 3.8) is 0 Å². The molecule has 0 aliphatic rings. The van der Waals surface area contributed by atoms with Crippen LogP contribution in [0.1, 0.15) is 28.7 Å². The number of aromatic nitrogens is 2. The Morgan fingerprint density at radius 2 is 1.90 bits per heavy atom. The molecule has 2 aromatic heterocycles. The Labute approximate surface area is 176 Å². The van der Waals surface area contributed by atoms with E-state index in [0.29, 0.717) is 28.2 Å². The number of para-hydroxylation sites is 1. The highest BCUT2D eigenvalue weighted by atomic mass is 35.5. The maximum Gasteiger partial charge on any atom is 0.258 e. The van der Waals surface area contributed by atoms with Gasteiger partial charge in [-0.2, -0.15) is 0 Å². The van der Waals surface area contributed by atoms with Crippen LogP contribution in [0.3, 0.4) is 0 Å². The van der Waals surface area contributed by atoms with Crippen molar-refractivity contribution in [1.82, 2.24) is 15.3 Å². The van der Waals surface area contributed by atoms with E-state index in [9.17, 15) is 9.59 Å². The number of rotatable bonds is 6. The fraction of sp³-hybridized carbons (Fsp3) is 0.136. The Kier molecular flexibility index (Phi) is 5.74. The first-order valence-electron chi connectivity index (χ1n) is 9.16. The Morgan fingerprint density at radius 1 is 1.10 bits per heavy atom. The van der Waals surface area contributed by atoms with Crippen LogP contribution in [0.15, 0.2) is 70.8 Å². The van der Waals surface area contributed by atoms with E-state index in [0.717, 1.165) is 10.4 Å². The molecule has 7 heteroatoms. The Bertz CT molecular complexity index is 1190. The van der Waals surface area contributed by atoms with Gasteiger partial charge in [-0.25, -0.2) is 4.98 Å². The van der Waals surface area contributed by atoms with Crippen LogP contribution in [0.4, 0.5) is 0 Å². The normalized spacial score (nSPS) is 12.0. The molecule has 0 spiro atoms. The number of hydrogen-bond donors (Lipinski definition) is 2. The molecule has 29 heavy (non-hydrogen) atoms. The quantitative estimate of drug-likeness (QED) is 0.480. The van der Waals surface area contributed by atoms with Gasteiger partial charge >= 0.3 is 0 Å². The van der Waals surface area contributed by atoms with Crippen molar-refractivity contribution in [2.45, 2.75) is 18.9 Å². The fourth-order valence-corrected chi connectivity index (χ4v) is 4.08. The topological polar surface area (TPSA) is 74.8 Å². The number of fused-ring (bicyclic) bond motifs is 1. The van der Waals surface area contributed by atoms with E-state index in [1.165, 1.54) is 0 Å². The van der Waals surface area contributed by atoms with Gasteiger partial charge in [0.1, 0.15) is 5.82 Å². The van der Waals surface area contributed by atoms with E-state index in [4.69, 9.17) is 11.6 Å². The molecule has 2 heterocycles. The van der Waals surface area contributed by atoms with Gasteiger partial charge in [0.15, 0.2) is 0 Å². The minimum Gasteiger partial charge on any atom is -0.344 e. The van der Waals surface area contributed by atoms with Gasteiger partial charge in [0.25, 0.3) is 5.56 Å². The summed E-state index contributed by atoms with van der Waals surface area (Å²) in [4.78, 5) is 33.1. The SMILES string of the molecule is O=C(CCc1nc2ccccc2c(=O)[nH]1)NC(c1ccc(Cl)cc1)c1cccs1. The summed E-state index contributed by atoms with van der Waals surface area (Å²) < 4.78 is 0. The summed E-state index contributed by atoms with van der Waals surface area (Å²) in [5.41, 5.74) is 1.40. The van der Waals surface area contributed by atoms with Gasteiger partial charge in [0.05, 0.1) is 16.9 Å². The number of benzene rings is 2. The largest absolute Gasteiger partial charge is 0.344 e. The van der Waals surface area contributed by atoms with Crippen LogP contribution in [-0.2, 0) is 11.2 Å². The van der Waals surface area contributed by atoms with Crippen molar-refractivity contribution in [3.05, 3.63) is 97.7 Å². The molecule has 0 radical (unpaired) electrons. The van der Waals surface area contributed by atoms with Crippen LogP contribution in [-0.4, -0.2) is 15.9 Å². The molecule has 0 fully saturated rings. The van der Waals surface area contributed by atoms with Gasteiger partial charge in [-0.05, 0) is 41.3 Å². The summed E-state index contributed by atoms with van der Waals surface area (Å²) in [7, 11) is 0.